The van der Waals surface area contributed by atoms with Crippen LogP contribution in [0.3, 0.4) is 0 Å². The van der Waals surface area contributed by atoms with E-state index in [1.165, 1.54) is 0 Å². The van der Waals surface area contributed by atoms with Crippen molar-refractivity contribution in [2.75, 3.05) is 26.2 Å². The van der Waals surface area contributed by atoms with Crippen molar-refractivity contribution in [2.24, 2.45) is 0 Å². The van der Waals surface area contributed by atoms with Gasteiger partial charge in [0, 0.05) is 29.7 Å². The van der Waals surface area contributed by atoms with Crippen LogP contribution in [-0.2, 0) is 0 Å². The molecular weight excluding hydrogens is 408 g/mol. The smallest absolute Gasteiger partial charge is 0.258 e. The second-order valence-electron chi connectivity index (χ2n) is 4.09. The monoisotopic (exact) mass is 424 g/mol. The average molecular weight is 425 g/mol. The van der Waals surface area contributed by atoms with E-state index >= 15 is 0 Å². The highest BCUT2D eigenvalue weighted by Gasteiger charge is 2.31. The van der Waals surface area contributed by atoms with Crippen molar-refractivity contribution in [3.8, 4) is 0 Å². The predicted molar refractivity (Wildman–Crippen MR) is 86.8 cm³/mol. The fourth-order valence-corrected chi connectivity index (χ4v) is 2.87. The molecule has 7 heteroatoms. The van der Waals surface area contributed by atoms with Gasteiger partial charge in [0.25, 0.3) is 6.43 Å². The molecule has 1 saturated heterocycles. The molecule has 1 aromatic rings. The van der Waals surface area contributed by atoms with Gasteiger partial charge in [0.1, 0.15) is 0 Å². The van der Waals surface area contributed by atoms with Gasteiger partial charge in [0.2, 0.25) is 0 Å². The summed E-state index contributed by atoms with van der Waals surface area (Å²) in [7, 11) is 0. The number of halogens is 5. The van der Waals surface area contributed by atoms with Crippen LogP contribution in [-0.4, -0.2) is 37.5 Å². The molecule has 1 N–H and O–H groups in total. The van der Waals surface area contributed by atoms with Crippen LogP contribution in [0.1, 0.15) is 11.6 Å². The van der Waals surface area contributed by atoms with E-state index in [1.54, 1.807) is 6.07 Å². The Balaban J connectivity index is 0.00000162. The molecule has 0 saturated carbocycles. The number of benzene rings is 1. The van der Waals surface area contributed by atoms with Crippen molar-refractivity contribution in [2.45, 2.75) is 12.5 Å². The molecular formula is C12H17Cl2F2IN2. The summed E-state index contributed by atoms with van der Waals surface area (Å²) < 4.78 is 27.5. The second-order valence-corrected chi connectivity index (χ2v) is 5.25. The summed E-state index contributed by atoms with van der Waals surface area (Å²) >= 11 is 2.13. The molecule has 1 fully saturated rings. The van der Waals surface area contributed by atoms with Crippen LogP contribution >= 0.6 is 47.4 Å². The summed E-state index contributed by atoms with van der Waals surface area (Å²) in [6.45, 7) is 2.93. The third-order valence-electron chi connectivity index (χ3n) is 3.01. The van der Waals surface area contributed by atoms with Gasteiger partial charge in [-0.15, -0.1) is 24.8 Å². The largest absolute Gasteiger partial charge is 0.314 e. The maximum absolute atomic E-state index is 13.3. The van der Waals surface area contributed by atoms with Gasteiger partial charge < -0.3 is 5.32 Å². The minimum Gasteiger partial charge on any atom is -0.314 e. The number of piperazine rings is 1. The molecule has 1 aromatic carbocycles. The average Bonchev–Trinajstić information content (AvgIpc) is 2.33. The Morgan fingerprint density at radius 2 is 1.68 bits per heavy atom. The highest BCUT2D eigenvalue weighted by Crippen LogP contribution is 2.30. The highest BCUT2D eigenvalue weighted by molar-refractivity contribution is 14.1. The number of rotatable bonds is 3. The van der Waals surface area contributed by atoms with Crippen LogP contribution in [0.25, 0.3) is 0 Å². The highest BCUT2D eigenvalue weighted by atomic mass is 127. The summed E-state index contributed by atoms with van der Waals surface area (Å²) in [4.78, 5) is 1.87. The molecule has 19 heavy (non-hydrogen) atoms. The Morgan fingerprint density at radius 1 is 1.11 bits per heavy atom. The summed E-state index contributed by atoms with van der Waals surface area (Å²) in [6, 6.07) is 6.62. The molecule has 0 aliphatic carbocycles. The lowest BCUT2D eigenvalue weighted by atomic mass is 10.1. The Labute approximate surface area is 138 Å². The lowest BCUT2D eigenvalue weighted by molar-refractivity contribution is 0.0178. The van der Waals surface area contributed by atoms with E-state index < -0.39 is 12.5 Å². The van der Waals surface area contributed by atoms with Gasteiger partial charge in [0.15, 0.2) is 0 Å². The fourth-order valence-electron chi connectivity index (χ4n) is 2.17. The standard InChI is InChI=1S/C12H15F2IN2.2ClH/c13-12(14)11(17-7-5-16-6-8-17)9-3-1-2-4-10(9)15;;/h1-4,11-12,16H,5-8H2;2*1H/t11-;;/m1../s1. The normalized spacial score (nSPS) is 17.5. The van der Waals surface area contributed by atoms with Crippen molar-refractivity contribution < 1.29 is 8.78 Å². The molecule has 0 spiro atoms. The fraction of sp³-hybridized carbons (Fsp3) is 0.500. The molecule has 1 aliphatic heterocycles. The molecule has 0 radical (unpaired) electrons. The molecule has 1 aliphatic rings. The lowest BCUT2D eigenvalue weighted by Gasteiger charge is -2.35. The summed E-state index contributed by atoms with van der Waals surface area (Å²) in [5.41, 5.74) is 0.741. The van der Waals surface area contributed by atoms with Crippen LogP contribution in [0.15, 0.2) is 24.3 Å². The Bertz CT molecular complexity index is 377. The molecule has 2 rings (SSSR count). The Morgan fingerprint density at radius 3 is 2.21 bits per heavy atom. The van der Waals surface area contributed by atoms with Crippen LogP contribution < -0.4 is 5.32 Å². The molecule has 1 heterocycles. The van der Waals surface area contributed by atoms with Gasteiger partial charge in [-0.1, -0.05) is 18.2 Å². The molecule has 0 bridgehead atoms. The zero-order valence-electron chi connectivity index (χ0n) is 10.2. The van der Waals surface area contributed by atoms with E-state index in [1.807, 2.05) is 23.1 Å². The van der Waals surface area contributed by atoms with Gasteiger partial charge in [-0.25, -0.2) is 8.78 Å². The molecule has 2 nitrogen and oxygen atoms in total. The van der Waals surface area contributed by atoms with E-state index in [-0.39, 0.29) is 24.8 Å². The van der Waals surface area contributed by atoms with Crippen LogP contribution in [0, 0.1) is 3.57 Å². The Kier molecular flexibility index (Phi) is 9.43. The van der Waals surface area contributed by atoms with Gasteiger partial charge in [-0.2, -0.15) is 0 Å². The van der Waals surface area contributed by atoms with Gasteiger partial charge in [-0.05, 0) is 34.2 Å². The number of alkyl halides is 2. The maximum atomic E-state index is 13.3. The quantitative estimate of drug-likeness (QED) is 0.748. The first-order chi connectivity index (χ1) is 8.20. The number of nitrogens with one attached hydrogen (secondary N) is 1. The van der Waals surface area contributed by atoms with Gasteiger partial charge in [-0.3, -0.25) is 4.90 Å². The number of hydrogen-bond acceptors (Lipinski definition) is 2. The summed E-state index contributed by atoms with van der Waals surface area (Å²) in [6.07, 6.45) is -2.34. The van der Waals surface area contributed by atoms with Crippen molar-refractivity contribution >= 4 is 47.4 Å². The van der Waals surface area contributed by atoms with E-state index in [2.05, 4.69) is 27.9 Å². The van der Waals surface area contributed by atoms with E-state index in [0.717, 1.165) is 22.2 Å². The first-order valence-electron chi connectivity index (χ1n) is 5.67. The van der Waals surface area contributed by atoms with Gasteiger partial charge in [0.05, 0.1) is 6.04 Å². The van der Waals surface area contributed by atoms with E-state index in [9.17, 15) is 8.78 Å². The Hall–Kier alpha value is 0.310. The number of nitrogens with zero attached hydrogens (tertiary/aromatic N) is 1. The van der Waals surface area contributed by atoms with Crippen molar-refractivity contribution in [1.82, 2.24) is 10.2 Å². The zero-order chi connectivity index (χ0) is 12.3. The molecule has 0 unspecified atom stereocenters. The SMILES string of the molecule is Cl.Cl.FC(F)[C@@H](c1ccccc1I)N1CCNCC1. The minimum atomic E-state index is -2.34. The van der Waals surface area contributed by atoms with Crippen molar-refractivity contribution in [3.05, 3.63) is 33.4 Å². The second kappa shape index (κ2) is 9.28. The van der Waals surface area contributed by atoms with E-state index in [4.69, 9.17) is 0 Å². The third kappa shape index (κ3) is 4.97. The summed E-state index contributed by atoms with van der Waals surface area (Å²) in [5, 5.41) is 3.19. The molecule has 110 valence electrons. The molecule has 0 amide bonds. The number of hydrogen-bond donors (Lipinski definition) is 1. The van der Waals surface area contributed by atoms with Crippen molar-refractivity contribution in [1.29, 1.82) is 0 Å². The van der Waals surface area contributed by atoms with Crippen molar-refractivity contribution in [3.63, 3.8) is 0 Å². The first kappa shape index (κ1) is 19.3. The van der Waals surface area contributed by atoms with Crippen LogP contribution in [0.2, 0.25) is 0 Å². The summed E-state index contributed by atoms with van der Waals surface area (Å²) in [5.74, 6) is 0. The molecule has 1 atom stereocenters. The van der Waals surface area contributed by atoms with E-state index in [0.29, 0.717) is 13.1 Å². The third-order valence-corrected chi connectivity index (χ3v) is 3.99. The predicted octanol–water partition coefficient (Wildman–Crippen LogP) is 3.35. The van der Waals surface area contributed by atoms with Gasteiger partial charge >= 0.3 is 0 Å². The maximum Gasteiger partial charge on any atom is 0.258 e. The topological polar surface area (TPSA) is 15.3 Å². The first-order valence-corrected chi connectivity index (χ1v) is 6.75. The minimum absolute atomic E-state index is 0. The molecule has 0 aromatic heterocycles. The van der Waals surface area contributed by atoms with Crippen LogP contribution in [0.4, 0.5) is 8.78 Å². The van der Waals surface area contributed by atoms with Crippen LogP contribution in [0.5, 0.6) is 0 Å². The lowest BCUT2D eigenvalue weighted by Crippen LogP contribution is -2.47. The zero-order valence-corrected chi connectivity index (χ0v) is 14.0.